The molecule has 0 aliphatic carbocycles. The normalized spacial score (nSPS) is 11.6. The van der Waals surface area contributed by atoms with Gasteiger partial charge in [-0.15, -0.1) is 0 Å². The Labute approximate surface area is 273 Å². The molecule has 42 heavy (non-hydrogen) atoms. The Bertz CT molecular complexity index is 946. The van der Waals surface area contributed by atoms with Crippen LogP contribution in [0.3, 0.4) is 0 Å². The SMILES string of the molecule is C[N+](C)(C)CCCBr.C[N+](C)(C)CCCBr.[O-]B([O-])OCCCC(c1ccccc1)(c1ccccc1)c1ccccc1. The summed E-state index contributed by atoms with van der Waals surface area (Å²) in [5, 5.41) is 23.6. The van der Waals surface area contributed by atoms with Gasteiger partial charge in [-0.2, -0.15) is 0 Å². The molecule has 3 aromatic rings. The molecule has 5 nitrogen and oxygen atoms in total. The van der Waals surface area contributed by atoms with E-state index < -0.39 is 7.32 Å². The highest BCUT2D eigenvalue weighted by Crippen LogP contribution is 2.42. The Kier molecular flexibility index (Phi) is 18.7. The fourth-order valence-electron chi connectivity index (χ4n) is 4.69. The molecule has 0 aliphatic rings. The minimum Gasteiger partial charge on any atom is -0.871 e. The third kappa shape index (κ3) is 15.8. The number of halogens is 2. The van der Waals surface area contributed by atoms with Gasteiger partial charge in [-0.3, -0.25) is 0 Å². The molecule has 0 heterocycles. The Morgan fingerprint density at radius 2 is 0.929 bits per heavy atom. The van der Waals surface area contributed by atoms with Gasteiger partial charge in [0.2, 0.25) is 0 Å². The van der Waals surface area contributed by atoms with Crippen molar-refractivity contribution in [2.45, 2.75) is 31.1 Å². The van der Waals surface area contributed by atoms with Gasteiger partial charge in [0.25, 0.3) is 0 Å². The number of hydrogen-bond donors (Lipinski definition) is 0. The van der Waals surface area contributed by atoms with Gasteiger partial charge in [-0.25, -0.2) is 0 Å². The quantitative estimate of drug-likeness (QED) is 0.0735. The molecule has 0 saturated heterocycles. The van der Waals surface area contributed by atoms with Crippen LogP contribution in [0.4, 0.5) is 0 Å². The molecule has 3 aromatic carbocycles. The molecule has 0 spiro atoms. The number of rotatable bonds is 14. The first-order valence-electron chi connectivity index (χ1n) is 14.7. The van der Waals surface area contributed by atoms with Crippen LogP contribution in [0.25, 0.3) is 0 Å². The average molecular weight is 706 g/mol. The van der Waals surface area contributed by atoms with E-state index >= 15 is 0 Å². The van der Waals surface area contributed by atoms with Crippen LogP contribution in [0, 0.1) is 0 Å². The lowest BCUT2D eigenvalue weighted by Gasteiger charge is -2.37. The summed E-state index contributed by atoms with van der Waals surface area (Å²) in [5.41, 5.74) is 3.17. The molecule has 0 aliphatic heterocycles. The maximum Gasteiger partial charge on any atom is 0.0788 e. The summed E-state index contributed by atoms with van der Waals surface area (Å²) in [6.07, 6.45) is 3.88. The van der Waals surface area contributed by atoms with E-state index in [9.17, 15) is 10.0 Å². The van der Waals surface area contributed by atoms with E-state index in [4.69, 9.17) is 4.65 Å². The number of benzene rings is 3. The number of hydrogen-bond acceptors (Lipinski definition) is 3. The minimum atomic E-state index is -2.23. The second-order valence-electron chi connectivity index (χ2n) is 12.4. The minimum absolute atomic E-state index is 0.159. The Balaban J connectivity index is 0.000000454. The largest absolute Gasteiger partial charge is 0.871 e. The van der Waals surface area contributed by atoms with Crippen LogP contribution in [0.5, 0.6) is 0 Å². The fourth-order valence-corrected chi connectivity index (χ4v) is 5.19. The van der Waals surface area contributed by atoms with Gasteiger partial charge in [0.05, 0.1) is 62.7 Å². The maximum atomic E-state index is 10.7. The van der Waals surface area contributed by atoms with Gasteiger partial charge in [0.15, 0.2) is 0 Å². The molecule has 232 valence electrons. The molecule has 0 aromatic heterocycles. The van der Waals surface area contributed by atoms with Crippen molar-refractivity contribution in [1.82, 2.24) is 0 Å². The summed E-state index contributed by atoms with van der Waals surface area (Å²) >= 11 is 6.78. The van der Waals surface area contributed by atoms with Crippen LogP contribution in [0.15, 0.2) is 91.0 Å². The van der Waals surface area contributed by atoms with Gasteiger partial charge < -0.3 is 23.7 Å². The lowest BCUT2D eigenvalue weighted by atomic mass is 9.67. The molecule has 0 unspecified atom stereocenters. The highest BCUT2D eigenvalue weighted by molar-refractivity contribution is 9.09. The van der Waals surface area contributed by atoms with Gasteiger partial charge in [0.1, 0.15) is 0 Å². The van der Waals surface area contributed by atoms with Crippen molar-refractivity contribution in [2.24, 2.45) is 0 Å². The Morgan fingerprint density at radius 3 is 1.17 bits per heavy atom. The molecular formula is C34H51BBr2N2O3. The second-order valence-corrected chi connectivity index (χ2v) is 14.0. The van der Waals surface area contributed by atoms with Crippen molar-refractivity contribution >= 4 is 39.2 Å². The highest BCUT2D eigenvalue weighted by Gasteiger charge is 2.35. The summed E-state index contributed by atoms with van der Waals surface area (Å²) in [7, 11) is 11.0. The first-order valence-corrected chi connectivity index (χ1v) is 16.9. The molecule has 0 saturated carbocycles. The molecule has 0 radical (unpaired) electrons. The van der Waals surface area contributed by atoms with Crippen LogP contribution in [0.2, 0.25) is 0 Å². The molecular weight excluding hydrogens is 655 g/mol. The predicted molar refractivity (Wildman–Crippen MR) is 183 cm³/mol. The van der Waals surface area contributed by atoms with Crippen molar-refractivity contribution in [3.8, 4) is 0 Å². The van der Waals surface area contributed by atoms with Gasteiger partial charge >= 0.3 is 0 Å². The first kappa shape index (κ1) is 38.5. The Morgan fingerprint density at radius 1 is 0.595 bits per heavy atom. The van der Waals surface area contributed by atoms with Crippen molar-refractivity contribution < 1.29 is 23.7 Å². The van der Waals surface area contributed by atoms with E-state index in [1.54, 1.807) is 0 Å². The standard InChI is InChI=1S/C22H21BO3.2C6H15BrN/c24-23(25)26-18-10-17-22(19-11-4-1-5-12-19,20-13-6-2-7-14-20)21-15-8-3-9-16-21;2*1-8(2,3)6-4-5-7/h1-9,11-16H,10,17-18H2;2*4-6H2,1-3H3/q-2;2*+1. The smallest absolute Gasteiger partial charge is 0.0788 e. The first-order chi connectivity index (χ1) is 19.9. The van der Waals surface area contributed by atoms with Gasteiger partial charge in [-0.1, -0.05) is 123 Å². The van der Waals surface area contributed by atoms with E-state index in [1.807, 2.05) is 54.6 Å². The van der Waals surface area contributed by atoms with Crippen molar-refractivity contribution in [1.29, 1.82) is 0 Å². The molecule has 0 N–H and O–H groups in total. The van der Waals surface area contributed by atoms with Crippen LogP contribution >= 0.6 is 31.9 Å². The molecule has 0 fully saturated rings. The van der Waals surface area contributed by atoms with Gasteiger partial charge in [-0.05, 0) is 29.5 Å². The lowest BCUT2D eigenvalue weighted by molar-refractivity contribution is -0.870. The van der Waals surface area contributed by atoms with E-state index in [0.717, 1.165) is 26.0 Å². The van der Waals surface area contributed by atoms with Crippen LogP contribution in [-0.4, -0.2) is 88.9 Å². The summed E-state index contributed by atoms with van der Waals surface area (Å²) in [5.74, 6) is 0. The molecule has 3 rings (SSSR count). The van der Waals surface area contributed by atoms with E-state index in [0.29, 0.717) is 6.42 Å². The van der Waals surface area contributed by atoms with Gasteiger partial charge in [0, 0.05) is 35.5 Å². The third-order valence-corrected chi connectivity index (χ3v) is 7.80. The summed E-state index contributed by atoms with van der Waals surface area (Å²) < 4.78 is 6.88. The summed E-state index contributed by atoms with van der Waals surface area (Å²) in [6.45, 7) is 2.67. The predicted octanol–water partition coefficient (Wildman–Crippen LogP) is 5.48. The van der Waals surface area contributed by atoms with Crippen LogP contribution in [-0.2, 0) is 10.1 Å². The fraction of sp³-hybridized carbons (Fsp3) is 0.471. The summed E-state index contributed by atoms with van der Waals surface area (Å²) in [4.78, 5) is 0. The maximum absolute atomic E-state index is 10.7. The average Bonchev–Trinajstić information content (AvgIpc) is 2.96. The number of quaternary nitrogens is 2. The molecule has 8 heteroatoms. The zero-order valence-electron chi connectivity index (χ0n) is 26.5. The Hall–Kier alpha value is -1.52. The van der Waals surface area contributed by atoms with E-state index in [-0.39, 0.29) is 12.0 Å². The number of alkyl halides is 2. The molecule has 0 bridgehead atoms. The van der Waals surface area contributed by atoms with Crippen molar-refractivity contribution in [2.75, 3.05) is 72.6 Å². The molecule has 0 atom stereocenters. The van der Waals surface area contributed by atoms with Crippen LogP contribution < -0.4 is 10.0 Å². The van der Waals surface area contributed by atoms with Crippen molar-refractivity contribution in [3.63, 3.8) is 0 Å². The lowest BCUT2D eigenvalue weighted by Crippen LogP contribution is -2.48. The third-order valence-electron chi connectivity index (χ3n) is 6.67. The monoisotopic (exact) mass is 704 g/mol. The molecule has 0 amide bonds. The topological polar surface area (TPSA) is 55.3 Å². The number of nitrogens with zero attached hydrogens (tertiary/aromatic N) is 2. The van der Waals surface area contributed by atoms with E-state index in [1.165, 1.54) is 42.6 Å². The summed E-state index contributed by atoms with van der Waals surface area (Å²) in [6, 6.07) is 31.0. The van der Waals surface area contributed by atoms with Crippen molar-refractivity contribution in [3.05, 3.63) is 108 Å². The van der Waals surface area contributed by atoms with E-state index in [2.05, 4.69) is 111 Å². The second kappa shape index (κ2) is 20.4. The zero-order valence-corrected chi connectivity index (χ0v) is 29.6. The zero-order chi connectivity index (χ0) is 31.5. The highest BCUT2D eigenvalue weighted by atomic mass is 79.9. The van der Waals surface area contributed by atoms with Crippen LogP contribution in [0.1, 0.15) is 42.4 Å².